The monoisotopic (exact) mass is 545 g/mol. The number of likely N-dealkylation sites (tertiary alicyclic amines) is 1. The number of rotatable bonds is 9. The van der Waals surface area contributed by atoms with Crippen LogP contribution in [0.4, 0.5) is 5.69 Å². The third kappa shape index (κ3) is 4.81. The van der Waals surface area contributed by atoms with Crippen molar-refractivity contribution in [2.24, 2.45) is 17.8 Å². The number of anilines is 1. The minimum Gasteiger partial charge on any atom is -0.494 e. The lowest BCUT2D eigenvalue weighted by Gasteiger charge is -2.40. The average molecular weight is 546 g/mol. The Kier molecular flexibility index (Phi) is 7.85. The molecule has 1 spiro atoms. The predicted molar refractivity (Wildman–Crippen MR) is 150 cm³/mol. The summed E-state index contributed by atoms with van der Waals surface area (Å²) in [6.07, 6.45) is 2.17. The van der Waals surface area contributed by atoms with Crippen molar-refractivity contribution in [1.29, 1.82) is 0 Å². The maximum atomic E-state index is 14.3. The van der Waals surface area contributed by atoms with Gasteiger partial charge in [-0.3, -0.25) is 14.4 Å². The Hall–Kier alpha value is -2.26. The van der Waals surface area contributed by atoms with E-state index in [1.54, 1.807) is 28.8 Å². The highest BCUT2D eigenvalue weighted by Crippen LogP contribution is 2.71. The largest absolute Gasteiger partial charge is 0.494 e. The van der Waals surface area contributed by atoms with Crippen molar-refractivity contribution in [3.63, 3.8) is 0 Å². The van der Waals surface area contributed by atoms with Gasteiger partial charge in [0.25, 0.3) is 0 Å². The number of hydrogen-bond donors (Lipinski definition) is 3. The third-order valence-corrected chi connectivity index (χ3v) is 10.5. The Morgan fingerprint density at radius 2 is 1.84 bits per heavy atom. The second kappa shape index (κ2) is 10.4. The van der Waals surface area contributed by atoms with Crippen LogP contribution in [-0.4, -0.2) is 68.1 Å². The number of nitrogens with zero attached hydrogens (tertiary/aromatic N) is 1. The molecule has 0 aromatic heterocycles. The fourth-order valence-electron chi connectivity index (χ4n) is 6.69. The van der Waals surface area contributed by atoms with Crippen molar-refractivity contribution < 1.29 is 24.2 Å². The molecule has 3 aliphatic rings. The van der Waals surface area contributed by atoms with E-state index < -0.39 is 39.0 Å². The molecule has 0 saturated carbocycles. The van der Waals surface area contributed by atoms with E-state index in [9.17, 15) is 19.5 Å². The van der Waals surface area contributed by atoms with Gasteiger partial charge in [0.15, 0.2) is 0 Å². The Morgan fingerprint density at radius 1 is 1.18 bits per heavy atom. The summed E-state index contributed by atoms with van der Waals surface area (Å²) >= 11 is 1.64. The summed E-state index contributed by atoms with van der Waals surface area (Å²) in [5.41, 5.74) is 0.155. The number of thioether (sulfide) groups is 1. The molecule has 7 atom stereocenters. The van der Waals surface area contributed by atoms with E-state index in [1.165, 1.54) is 0 Å². The molecule has 2 bridgehead atoms. The second-order valence-corrected chi connectivity index (χ2v) is 14.2. The van der Waals surface area contributed by atoms with Crippen molar-refractivity contribution >= 4 is 35.2 Å². The molecule has 8 nitrogen and oxygen atoms in total. The third-order valence-electron chi connectivity index (χ3n) is 8.52. The molecule has 9 heteroatoms. The van der Waals surface area contributed by atoms with Crippen LogP contribution in [0.5, 0.6) is 5.75 Å². The molecule has 1 aromatic rings. The fraction of sp³-hybridized carbons (Fsp3) is 0.690. The Labute approximate surface area is 230 Å². The zero-order valence-corrected chi connectivity index (χ0v) is 24.5. The Morgan fingerprint density at radius 3 is 2.39 bits per heavy atom. The topological polar surface area (TPSA) is 108 Å². The first-order valence-corrected chi connectivity index (χ1v) is 14.6. The number of aliphatic hydroxyl groups is 1. The minimum absolute atomic E-state index is 0.00182. The van der Waals surface area contributed by atoms with Crippen LogP contribution in [0.1, 0.15) is 67.7 Å². The maximum absolute atomic E-state index is 14.3. The molecule has 1 aromatic carbocycles. The summed E-state index contributed by atoms with van der Waals surface area (Å²) in [7, 11) is 0. The van der Waals surface area contributed by atoms with Crippen LogP contribution in [0.2, 0.25) is 0 Å². The lowest BCUT2D eigenvalue weighted by molar-refractivity contribution is -0.144. The Bertz CT molecular complexity index is 1070. The number of carbonyl (C=O) groups excluding carboxylic acids is 3. The summed E-state index contributed by atoms with van der Waals surface area (Å²) in [6, 6.07) is 5.98. The highest BCUT2D eigenvalue weighted by molar-refractivity contribution is 8.02. The van der Waals surface area contributed by atoms with Crippen molar-refractivity contribution in [3.05, 3.63) is 24.3 Å². The molecule has 210 valence electrons. The van der Waals surface area contributed by atoms with E-state index in [-0.39, 0.29) is 30.2 Å². The first-order chi connectivity index (χ1) is 17.8. The molecule has 0 radical (unpaired) electrons. The van der Waals surface area contributed by atoms with Gasteiger partial charge in [0.05, 0.1) is 35.8 Å². The molecule has 0 aliphatic carbocycles. The van der Waals surface area contributed by atoms with Crippen LogP contribution in [0.25, 0.3) is 0 Å². The molecule has 3 fully saturated rings. The highest BCUT2D eigenvalue weighted by atomic mass is 32.2. The van der Waals surface area contributed by atoms with Gasteiger partial charge in [-0.15, -0.1) is 11.8 Å². The summed E-state index contributed by atoms with van der Waals surface area (Å²) in [4.78, 5) is 43.8. The number of nitrogens with one attached hydrogen (secondary N) is 2. The normalized spacial score (nSPS) is 31.6. The molecule has 3 aliphatic heterocycles. The van der Waals surface area contributed by atoms with Gasteiger partial charge < -0.3 is 25.4 Å². The van der Waals surface area contributed by atoms with Gasteiger partial charge in [0.2, 0.25) is 17.7 Å². The van der Waals surface area contributed by atoms with Crippen LogP contribution in [0.3, 0.4) is 0 Å². The lowest BCUT2D eigenvalue weighted by Crippen LogP contribution is -2.60. The van der Waals surface area contributed by atoms with Gasteiger partial charge in [0.1, 0.15) is 11.8 Å². The minimum atomic E-state index is -0.750. The lowest BCUT2D eigenvalue weighted by atomic mass is 9.66. The molecule has 3 heterocycles. The number of ether oxygens (including phenoxy) is 1. The molecule has 3 amide bonds. The van der Waals surface area contributed by atoms with Crippen LogP contribution < -0.4 is 15.4 Å². The van der Waals surface area contributed by atoms with Gasteiger partial charge in [-0.25, -0.2) is 0 Å². The van der Waals surface area contributed by atoms with Crippen LogP contribution >= 0.6 is 11.8 Å². The highest BCUT2D eigenvalue weighted by Gasteiger charge is 2.77. The molecule has 2 unspecified atom stereocenters. The van der Waals surface area contributed by atoms with Gasteiger partial charge in [0, 0.05) is 16.0 Å². The predicted octanol–water partition coefficient (Wildman–Crippen LogP) is 3.83. The van der Waals surface area contributed by atoms with Gasteiger partial charge in [-0.05, 0) is 77.6 Å². The molecular weight excluding hydrogens is 502 g/mol. The molecule has 4 rings (SSSR count). The smallest absolute Gasteiger partial charge is 0.244 e. The van der Waals surface area contributed by atoms with Crippen LogP contribution in [-0.2, 0) is 14.4 Å². The van der Waals surface area contributed by atoms with Crippen molar-refractivity contribution in [3.8, 4) is 5.75 Å². The molecule has 3 saturated heterocycles. The quantitative estimate of drug-likeness (QED) is 0.435. The first kappa shape index (κ1) is 28.7. The number of amides is 3. The standard InChI is InChI=1S/C29H43N3O5S/c1-8-17(3)20(16-33)32-23(25(35)31-27(4,5)6)29-15-14-28(7,38-29)21(22(29)26(32)36)24(34)30-18-10-12-19(13-11-18)37-9-2/h10-13,17,20-23,33H,8-9,14-16H2,1-7H3,(H,30,34)(H,31,35)/t17-,20-,21+,22-,23?,28-,29?/m0/s1. The zero-order valence-electron chi connectivity index (χ0n) is 23.7. The average Bonchev–Trinajstić information content (AvgIpc) is 3.41. The molecule has 3 N–H and O–H groups in total. The zero-order chi connectivity index (χ0) is 28.0. The first-order valence-electron chi connectivity index (χ1n) is 13.8. The van der Waals surface area contributed by atoms with E-state index in [1.807, 2.05) is 53.7 Å². The molecular formula is C29H43N3O5S. The van der Waals surface area contributed by atoms with Crippen molar-refractivity contribution in [1.82, 2.24) is 10.2 Å². The van der Waals surface area contributed by atoms with E-state index in [2.05, 4.69) is 17.6 Å². The van der Waals surface area contributed by atoms with Gasteiger partial charge in [-0.1, -0.05) is 20.3 Å². The van der Waals surface area contributed by atoms with Crippen molar-refractivity contribution in [2.75, 3.05) is 18.5 Å². The van der Waals surface area contributed by atoms with Crippen LogP contribution in [0.15, 0.2) is 24.3 Å². The summed E-state index contributed by atoms with van der Waals surface area (Å²) in [6.45, 7) is 14.1. The van der Waals surface area contributed by atoms with E-state index in [4.69, 9.17) is 4.74 Å². The van der Waals surface area contributed by atoms with Gasteiger partial charge >= 0.3 is 0 Å². The summed E-state index contributed by atoms with van der Waals surface area (Å²) in [5, 5.41) is 16.6. The van der Waals surface area contributed by atoms with Crippen LogP contribution in [0, 0.1) is 17.8 Å². The fourth-order valence-corrected chi connectivity index (χ4v) is 9.04. The number of aliphatic hydroxyl groups excluding tert-OH is 1. The number of hydrogen-bond acceptors (Lipinski definition) is 6. The summed E-state index contributed by atoms with van der Waals surface area (Å²) < 4.78 is 4.32. The SMILES string of the molecule is CCOc1ccc(NC(=O)[C@H]2[C@H]3C(=O)N([C@@H](CO)[C@@H](C)CC)C(C(=O)NC(C)(C)C)C34CC[C@]2(C)S4)cc1. The van der Waals surface area contributed by atoms with E-state index in [0.717, 1.165) is 18.6 Å². The summed E-state index contributed by atoms with van der Waals surface area (Å²) in [5.74, 6) is -1.11. The second-order valence-electron chi connectivity index (χ2n) is 12.3. The Balaban J connectivity index is 1.72. The van der Waals surface area contributed by atoms with Crippen molar-refractivity contribution in [2.45, 2.75) is 94.8 Å². The maximum Gasteiger partial charge on any atom is 0.244 e. The number of fused-ring (bicyclic) bond motifs is 1. The van der Waals surface area contributed by atoms with E-state index in [0.29, 0.717) is 18.7 Å². The van der Waals surface area contributed by atoms with Gasteiger partial charge in [-0.2, -0.15) is 0 Å². The number of benzene rings is 1. The number of carbonyl (C=O) groups is 3. The van der Waals surface area contributed by atoms with E-state index >= 15 is 0 Å². The molecule has 38 heavy (non-hydrogen) atoms.